The number of rotatable bonds is 5. The number of urea groups is 1. The Kier molecular flexibility index (Phi) is 6.54. The monoisotopic (exact) mass is 369 g/mol. The van der Waals surface area contributed by atoms with Gasteiger partial charge < -0.3 is 15.4 Å². The highest BCUT2D eigenvalue weighted by Crippen LogP contribution is 2.25. The summed E-state index contributed by atoms with van der Waals surface area (Å²) in [4.78, 5) is 35.6. The lowest BCUT2D eigenvalue weighted by atomic mass is 10.1. The van der Waals surface area contributed by atoms with E-state index in [2.05, 4.69) is 16.0 Å². The second-order valence-electron chi connectivity index (χ2n) is 6.03. The van der Waals surface area contributed by atoms with Crippen LogP contribution in [0.15, 0.2) is 42.5 Å². The number of hydrogen-bond donors (Lipinski definition) is 3. The van der Waals surface area contributed by atoms with Gasteiger partial charge in [-0.25, -0.2) is 9.59 Å². The number of imide groups is 1. The highest BCUT2D eigenvalue weighted by atomic mass is 16.5. The minimum atomic E-state index is -1.12. The number of para-hydroxylation sites is 1. The number of aryl methyl sites for hydroxylation is 1. The molecule has 2 aromatic rings. The molecule has 1 atom stereocenters. The fourth-order valence-corrected chi connectivity index (χ4v) is 2.36. The summed E-state index contributed by atoms with van der Waals surface area (Å²) in [5.41, 5.74) is 3.92. The predicted octanol–water partition coefficient (Wildman–Crippen LogP) is 3.05. The average molecular weight is 369 g/mol. The minimum absolute atomic E-state index is 0.290. The van der Waals surface area contributed by atoms with Gasteiger partial charge in [-0.05, 0) is 50.1 Å². The van der Waals surface area contributed by atoms with Crippen molar-refractivity contribution in [1.29, 1.82) is 0 Å². The number of anilines is 2. The zero-order valence-corrected chi connectivity index (χ0v) is 15.8. The van der Waals surface area contributed by atoms with Crippen LogP contribution in [0, 0.1) is 13.8 Å². The minimum Gasteiger partial charge on any atom is -0.449 e. The van der Waals surface area contributed by atoms with Crippen LogP contribution in [0.3, 0.4) is 0 Å². The van der Waals surface area contributed by atoms with Gasteiger partial charge in [0.1, 0.15) is 0 Å². The van der Waals surface area contributed by atoms with E-state index in [0.717, 1.165) is 16.8 Å². The summed E-state index contributed by atoms with van der Waals surface area (Å²) in [5, 5.41) is 7.57. The molecule has 0 fully saturated rings. The highest BCUT2D eigenvalue weighted by Gasteiger charge is 2.22. The fraction of sp³-hybridized carbons (Fsp3) is 0.250. The van der Waals surface area contributed by atoms with Gasteiger partial charge >= 0.3 is 12.0 Å². The van der Waals surface area contributed by atoms with E-state index in [1.807, 2.05) is 32.0 Å². The molecule has 27 heavy (non-hydrogen) atoms. The molecule has 0 aromatic heterocycles. The smallest absolute Gasteiger partial charge is 0.341 e. The number of ether oxygens (including phenoxy) is 1. The van der Waals surface area contributed by atoms with Crippen LogP contribution < -0.4 is 16.0 Å². The van der Waals surface area contributed by atoms with Crippen LogP contribution in [0.1, 0.15) is 28.4 Å². The Morgan fingerprint density at radius 2 is 1.63 bits per heavy atom. The van der Waals surface area contributed by atoms with Gasteiger partial charge in [-0.2, -0.15) is 0 Å². The van der Waals surface area contributed by atoms with Crippen LogP contribution in [0.4, 0.5) is 16.2 Å². The highest BCUT2D eigenvalue weighted by molar-refractivity contribution is 6.00. The van der Waals surface area contributed by atoms with E-state index < -0.39 is 24.0 Å². The van der Waals surface area contributed by atoms with E-state index in [1.165, 1.54) is 14.0 Å². The fourth-order valence-electron chi connectivity index (χ4n) is 2.36. The third-order valence-corrected chi connectivity index (χ3v) is 4.14. The second-order valence-corrected chi connectivity index (χ2v) is 6.03. The lowest BCUT2D eigenvalue weighted by Gasteiger charge is -2.16. The van der Waals surface area contributed by atoms with Crippen molar-refractivity contribution >= 4 is 29.3 Å². The molecule has 7 nitrogen and oxygen atoms in total. The van der Waals surface area contributed by atoms with E-state index >= 15 is 0 Å². The third-order valence-electron chi connectivity index (χ3n) is 4.14. The first-order chi connectivity index (χ1) is 12.8. The molecule has 0 unspecified atom stereocenters. The second kappa shape index (κ2) is 8.84. The van der Waals surface area contributed by atoms with Gasteiger partial charge in [-0.1, -0.05) is 24.3 Å². The van der Waals surface area contributed by atoms with E-state index in [9.17, 15) is 14.4 Å². The summed E-state index contributed by atoms with van der Waals surface area (Å²) in [6.07, 6.45) is -1.12. The van der Waals surface area contributed by atoms with Crippen LogP contribution in [0.2, 0.25) is 0 Å². The van der Waals surface area contributed by atoms with E-state index in [1.54, 1.807) is 24.3 Å². The third kappa shape index (κ3) is 5.07. The van der Waals surface area contributed by atoms with Crippen molar-refractivity contribution in [1.82, 2.24) is 10.6 Å². The van der Waals surface area contributed by atoms with E-state index in [0.29, 0.717) is 5.69 Å². The molecule has 142 valence electrons. The van der Waals surface area contributed by atoms with Gasteiger partial charge in [-0.3, -0.25) is 10.1 Å². The summed E-state index contributed by atoms with van der Waals surface area (Å²) < 4.78 is 5.20. The van der Waals surface area contributed by atoms with Crippen molar-refractivity contribution in [3.05, 3.63) is 59.2 Å². The standard InChI is InChI=1S/C20H23N3O4/c1-12-8-7-11-16(13(12)2)22-17-10-6-5-9-15(17)19(25)27-14(3)18(24)23-20(26)21-4/h5-11,14,22H,1-4H3,(H2,21,23,24,26)/t14-/m1/s1. The zero-order chi connectivity index (χ0) is 20.0. The number of nitrogens with one attached hydrogen (secondary N) is 3. The molecule has 7 heteroatoms. The summed E-state index contributed by atoms with van der Waals surface area (Å²) in [6, 6.07) is 12.1. The van der Waals surface area contributed by atoms with Gasteiger partial charge in [-0.15, -0.1) is 0 Å². The number of hydrogen-bond acceptors (Lipinski definition) is 5. The molecule has 0 aliphatic carbocycles. The zero-order valence-electron chi connectivity index (χ0n) is 15.8. The summed E-state index contributed by atoms with van der Waals surface area (Å²) in [5.74, 6) is -1.37. The summed E-state index contributed by atoms with van der Waals surface area (Å²) >= 11 is 0. The molecule has 3 N–H and O–H groups in total. The molecule has 0 bridgehead atoms. The molecule has 0 aliphatic heterocycles. The summed E-state index contributed by atoms with van der Waals surface area (Å²) in [6.45, 7) is 5.40. The van der Waals surface area contributed by atoms with Crippen molar-refractivity contribution in [3.63, 3.8) is 0 Å². The Bertz CT molecular complexity index is 864. The molecular weight excluding hydrogens is 346 g/mol. The summed E-state index contributed by atoms with van der Waals surface area (Å²) in [7, 11) is 1.38. The number of carbonyl (C=O) groups excluding carboxylic acids is 3. The van der Waals surface area contributed by atoms with Gasteiger partial charge in [0.15, 0.2) is 6.10 Å². The van der Waals surface area contributed by atoms with E-state index in [-0.39, 0.29) is 5.56 Å². The van der Waals surface area contributed by atoms with Gasteiger partial charge in [0.25, 0.3) is 5.91 Å². The quantitative estimate of drug-likeness (QED) is 0.704. The first-order valence-electron chi connectivity index (χ1n) is 8.49. The maximum Gasteiger partial charge on any atom is 0.341 e. The Morgan fingerprint density at radius 1 is 0.963 bits per heavy atom. The molecule has 0 heterocycles. The van der Waals surface area contributed by atoms with Crippen molar-refractivity contribution < 1.29 is 19.1 Å². The SMILES string of the molecule is CNC(=O)NC(=O)[C@@H](C)OC(=O)c1ccccc1Nc1cccc(C)c1C. The van der Waals surface area contributed by atoms with Gasteiger partial charge in [0.2, 0.25) is 0 Å². The molecule has 2 rings (SSSR count). The van der Waals surface area contributed by atoms with Crippen molar-refractivity contribution in [3.8, 4) is 0 Å². The average Bonchev–Trinajstić information content (AvgIpc) is 2.65. The van der Waals surface area contributed by atoms with E-state index in [4.69, 9.17) is 4.74 Å². The molecule has 0 radical (unpaired) electrons. The molecule has 0 aliphatic rings. The van der Waals surface area contributed by atoms with Crippen LogP contribution in [0.25, 0.3) is 0 Å². The lowest BCUT2D eigenvalue weighted by Crippen LogP contribution is -2.43. The molecule has 3 amide bonds. The van der Waals surface area contributed by atoms with Crippen molar-refractivity contribution in [2.45, 2.75) is 26.9 Å². The normalized spacial score (nSPS) is 11.3. The molecule has 0 spiro atoms. The van der Waals surface area contributed by atoms with Gasteiger partial charge in [0.05, 0.1) is 11.3 Å². The first kappa shape index (κ1) is 20.0. The topological polar surface area (TPSA) is 96.5 Å². The number of esters is 1. The van der Waals surface area contributed by atoms with Crippen molar-refractivity contribution in [2.24, 2.45) is 0 Å². The Balaban J connectivity index is 2.17. The van der Waals surface area contributed by atoms with Gasteiger partial charge in [0, 0.05) is 12.7 Å². The molecule has 0 saturated carbocycles. The first-order valence-corrected chi connectivity index (χ1v) is 8.49. The molecular formula is C20H23N3O4. The lowest BCUT2D eigenvalue weighted by molar-refractivity contribution is -0.127. The van der Waals surface area contributed by atoms with Crippen LogP contribution in [-0.2, 0) is 9.53 Å². The molecule has 0 saturated heterocycles. The largest absolute Gasteiger partial charge is 0.449 e. The maximum atomic E-state index is 12.5. The number of carbonyl (C=O) groups is 3. The Labute approximate surface area is 158 Å². The van der Waals surface area contributed by atoms with Crippen LogP contribution in [-0.4, -0.2) is 31.1 Å². The van der Waals surface area contributed by atoms with Crippen molar-refractivity contribution in [2.75, 3.05) is 12.4 Å². The maximum absolute atomic E-state index is 12.5. The Morgan fingerprint density at radius 3 is 2.33 bits per heavy atom. The predicted molar refractivity (Wildman–Crippen MR) is 103 cm³/mol. The molecule has 2 aromatic carbocycles. The Hall–Kier alpha value is -3.35. The number of benzene rings is 2. The van der Waals surface area contributed by atoms with Crippen LogP contribution in [0.5, 0.6) is 0 Å². The number of amides is 3. The van der Waals surface area contributed by atoms with Crippen LogP contribution >= 0.6 is 0 Å².